The van der Waals surface area contributed by atoms with E-state index in [-0.39, 0.29) is 12.2 Å². The van der Waals surface area contributed by atoms with E-state index < -0.39 is 5.91 Å². The molecule has 146 valence electrons. The summed E-state index contributed by atoms with van der Waals surface area (Å²) < 4.78 is 16.0. The van der Waals surface area contributed by atoms with Gasteiger partial charge >= 0.3 is 0 Å². The lowest BCUT2D eigenvalue weighted by atomic mass is 10.0. The normalized spacial score (nSPS) is 10.7. The Balaban J connectivity index is 2.14. The van der Waals surface area contributed by atoms with Crippen LogP contribution in [0.25, 0.3) is 22.3 Å². The number of carbonyl (C=O) groups is 1. The van der Waals surface area contributed by atoms with E-state index in [2.05, 4.69) is 9.97 Å². The van der Waals surface area contributed by atoms with E-state index in [1.807, 2.05) is 26.0 Å². The molecule has 0 saturated carbocycles. The number of aromatic nitrogens is 2. The van der Waals surface area contributed by atoms with Gasteiger partial charge in [0.2, 0.25) is 0 Å². The van der Waals surface area contributed by atoms with E-state index in [0.717, 1.165) is 11.1 Å². The van der Waals surface area contributed by atoms with Gasteiger partial charge in [-0.25, -0.2) is 4.98 Å². The number of methoxy groups -OCH3 is 2. The second kappa shape index (κ2) is 7.59. The van der Waals surface area contributed by atoms with Gasteiger partial charge in [-0.05, 0) is 37.1 Å². The summed E-state index contributed by atoms with van der Waals surface area (Å²) in [6.45, 7) is 3.49. The summed E-state index contributed by atoms with van der Waals surface area (Å²) in [5, 5.41) is 0.349. The topological polar surface area (TPSA) is 117 Å². The molecule has 0 saturated heterocycles. The van der Waals surface area contributed by atoms with Crippen molar-refractivity contribution in [2.45, 2.75) is 13.8 Å². The molecule has 8 heteroatoms. The molecule has 1 heterocycles. The summed E-state index contributed by atoms with van der Waals surface area (Å²) in [5.74, 6) is 1.36. The zero-order valence-corrected chi connectivity index (χ0v) is 16.1. The molecule has 0 aliphatic heterocycles. The minimum absolute atomic E-state index is 0.203. The van der Waals surface area contributed by atoms with E-state index in [0.29, 0.717) is 39.5 Å². The van der Waals surface area contributed by atoms with Crippen molar-refractivity contribution in [3.8, 4) is 28.6 Å². The Kier molecular flexibility index (Phi) is 5.21. The predicted molar refractivity (Wildman–Crippen MR) is 105 cm³/mol. The van der Waals surface area contributed by atoms with Crippen molar-refractivity contribution in [3.05, 3.63) is 45.7 Å². The molecular formula is C20H21N3O5. The first-order chi connectivity index (χ1) is 13.3. The maximum atomic E-state index is 12.7. The van der Waals surface area contributed by atoms with E-state index in [4.69, 9.17) is 19.9 Å². The lowest BCUT2D eigenvalue weighted by molar-refractivity contribution is -0.119. The largest absolute Gasteiger partial charge is 0.497 e. The van der Waals surface area contributed by atoms with Crippen LogP contribution in [0.15, 0.2) is 29.1 Å². The van der Waals surface area contributed by atoms with Crippen molar-refractivity contribution in [2.24, 2.45) is 5.73 Å². The number of H-pyrrole nitrogens is 1. The van der Waals surface area contributed by atoms with Gasteiger partial charge in [-0.1, -0.05) is 0 Å². The molecule has 3 aromatic rings. The van der Waals surface area contributed by atoms with Crippen LogP contribution < -0.4 is 25.5 Å². The Hall–Kier alpha value is -3.55. The average Bonchev–Trinajstić information content (AvgIpc) is 2.65. The number of nitrogens with one attached hydrogen (secondary N) is 1. The Bertz CT molecular complexity index is 1100. The number of carbonyl (C=O) groups excluding carboxylic acids is 1. The predicted octanol–water partition coefficient (Wildman–Crippen LogP) is 2.09. The van der Waals surface area contributed by atoms with Gasteiger partial charge in [0.25, 0.3) is 11.5 Å². The average molecular weight is 383 g/mol. The highest BCUT2D eigenvalue weighted by molar-refractivity contribution is 5.87. The second-order valence-corrected chi connectivity index (χ2v) is 6.33. The first kappa shape index (κ1) is 19.2. The monoisotopic (exact) mass is 383 g/mol. The lowest BCUT2D eigenvalue weighted by Crippen LogP contribution is -2.20. The van der Waals surface area contributed by atoms with Crippen LogP contribution in [0.1, 0.15) is 11.1 Å². The van der Waals surface area contributed by atoms with Gasteiger partial charge in [-0.15, -0.1) is 0 Å². The van der Waals surface area contributed by atoms with Crippen LogP contribution in [0.4, 0.5) is 0 Å². The molecule has 0 spiro atoms. The SMILES string of the molecule is COc1cc(OC)c2c(=O)[nH]c(-c3cc(C)c(OCC(N)=O)c(C)c3)nc2c1. The number of aryl methyl sites for hydroxylation is 2. The van der Waals surface area contributed by atoms with Crippen molar-refractivity contribution < 1.29 is 19.0 Å². The Morgan fingerprint density at radius 3 is 2.36 bits per heavy atom. The van der Waals surface area contributed by atoms with E-state index in [1.54, 1.807) is 12.1 Å². The standard InChI is InChI=1S/C20H21N3O5/c1-10-5-12(6-11(2)18(10)28-9-16(21)24)19-22-14-7-13(26-3)8-15(27-4)17(14)20(25)23-19/h5-8H,9H2,1-4H3,(H2,21,24)(H,22,23,25). The Labute approximate surface area is 161 Å². The molecule has 3 rings (SSSR count). The van der Waals surface area contributed by atoms with Gasteiger partial charge in [0.15, 0.2) is 6.61 Å². The van der Waals surface area contributed by atoms with Gasteiger partial charge in [0.1, 0.15) is 28.5 Å². The number of benzene rings is 2. The molecule has 2 aromatic carbocycles. The number of hydrogen-bond acceptors (Lipinski definition) is 6. The second-order valence-electron chi connectivity index (χ2n) is 6.33. The van der Waals surface area contributed by atoms with Crippen molar-refractivity contribution in [1.82, 2.24) is 9.97 Å². The van der Waals surface area contributed by atoms with Gasteiger partial charge in [-0.3, -0.25) is 9.59 Å². The number of rotatable bonds is 6. The zero-order valence-electron chi connectivity index (χ0n) is 16.1. The minimum Gasteiger partial charge on any atom is -0.497 e. The molecule has 0 aliphatic rings. The third kappa shape index (κ3) is 3.62. The van der Waals surface area contributed by atoms with Crippen LogP contribution in [0.5, 0.6) is 17.2 Å². The fourth-order valence-electron chi connectivity index (χ4n) is 3.08. The molecular weight excluding hydrogens is 362 g/mol. The summed E-state index contributed by atoms with van der Waals surface area (Å²) in [6, 6.07) is 6.97. The first-order valence-corrected chi connectivity index (χ1v) is 8.52. The van der Waals surface area contributed by atoms with Gasteiger partial charge in [0.05, 0.1) is 19.7 Å². The summed E-state index contributed by atoms with van der Waals surface area (Å²) in [6.07, 6.45) is 0. The highest BCUT2D eigenvalue weighted by Crippen LogP contribution is 2.31. The summed E-state index contributed by atoms with van der Waals surface area (Å²) in [4.78, 5) is 31.0. The third-order valence-corrected chi connectivity index (χ3v) is 4.29. The van der Waals surface area contributed by atoms with E-state index in [1.165, 1.54) is 14.2 Å². The number of aromatic amines is 1. The molecule has 0 atom stereocenters. The smallest absolute Gasteiger partial charge is 0.262 e. The van der Waals surface area contributed by atoms with Crippen LogP contribution in [-0.2, 0) is 4.79 Å². The number of amides is 1. The van der Waals surface area contributed by atoms with Crippen LogP contribution in [-0.4, -0.2) is 36.7 Å². The summed E-state index contributed by atoms with van der Waals surface area (Å²) in [5.41, 5.74) is 7.58. The maximum Gasteiger partial charge on any atom is 0.262 e. The lowest BCUT2D eigenvalue weighted by Gasteiger charge is -2.13. The molecule has 0 aliphatic carbocycles. The number of hydrogen-bond donors (Lipinski definition) is 2. The minimum atomic E-state index is -0.550. The molecule has 8 nitrogen and oxygen atoms in total. The number of nitrogens with zero attached hydrogens (tertiary/aromatic N) is 1. The molecule has 1 amide bonds. The van der Waals surface area contributed by atoms with E-state index in [9.17, 15) is 9.59 Å². The van der Waals surface area contributed by atoms with Crippen LogP contribution >= 0.6 is 0 Å². The van der Waals surface area contributed by atoms with Crippen LogP contribution in [0.3, 0.4) is 0 Å². The molecule has 28 heavy (non-hydrogen) atoms. The summed E-state index contributed by atoms with van der Waals surface area (Å²) >= 11 is 0. The number of nitrogens with two attached hydrogens (primary N) is 1. The van der Waals surface area contributed by atoms with Crippen molar-refractivity contribution in [1.29, 1.82) is 0 Å². The zero-order chi connectivity index (χ0) is 20.4. The number of fused-ring (bicyclic) bond motifs is 1. The summed E-state index contributed by atoms with van der Waals surface area (Å²) in [7, 11) is 3.02. The highest BCUT2D eigenvalue weighted by Gasteiger charge is 2.15. The van der Waals surface area contributed by atoms with Gasteiger partial charge < -0.3 is 24.9 Å². The first-order valence-electron chi connectivity index (χ1n) is 8.52. The van der Waals surface area contributed by atoms with Gasteiger partial charge in [-0.2, -0.15) is 0 Å². The fraction of sp³-hybridized carbons (Fsp3) is 0.250. The maximum absolute atomic E-state index is 12.7. The molecule has 0 unspecified atom stereocenters. The van der Waals surface area contributed by atoms with Crippen molar-refractivity contribution in [2.75, 3.05) is 20.8 Å². The van der Waals surface area contributed by atoms with Crippen LogP contribution in [0, 0.1) is 13.8 Å². The highest BCUT2D eigenvalue weighted by atomic mass is 16.5. The van der Waals surface area contributed by atoms with Crippen molar-refractivity contribution >= 4 is 16.8 Å². The number of ether oxygens (including phenoxy) is 3. The quantitative estimate of drug-likeness (QED) is 0.673. The molecule has 3 N–H and O–H groups in total. The molecule has 0 radical (unpaired) electrons. The Morgan fingerprint density at radius 2 is 1.79 bits per heavy atom. The third-order valence-electron chi connectivity index (χ3n) is 4.29. The molecule has 0 fully saturated rings. The van der Waals surface area contributed by atoms with Crippen molar-refractivity contribution in [3.63, 3.8) is 0 Å². The number of primary amides is 1. The molecule has 0 bridgehead atoms. The fourth-order valence-corrected chi connectivity index (χ4v) is 3.08. The van der Waals surface area contributed by atoms with E-state index >= 15 is 0 Å². The van der Waals surface area contributed by atoms with Gasteiger partial charge in [0, 0.05) is 17.7 Å². The Morgan fingerprint density at radius 1 is 1.11 bits per heavy atom. The van der Waals surface area contributed by atoms with Crippen LogP contribution in [0.2, 0.25) is 0 Å². The molecule has 1 aromatic heterocycles.